The standard InChI is InChI=1S/C8H15NO/c1-7(5-9-6-10)8(2,3)4/h7H,5H2,1-4H3. The van der Waals surface area contributed by atoms with Crippen molar-refractivity contribution in [2.24, 2.45) is 16.3 Å². The van der Waals surface area contributed by atoms with E-state index in [0.717, 1.165) is 0 Å². The normalized spacial score (nSPS) is 14.0. The lowest BCUT2D eigenvalue weighted by atomic mass is 9.82. The Labute approximate surface area is 62.4 Å². The van der Waals surface area contributed by atoms with Crippen molar-refractivity contribution in [1.29, 1.82) is 0 Å². The molecule has 0 aromatic heterocycles. The summed E-state index contributed by atoms with van der Waals surface area (Å²) < 4.78 is 0. The summed E-state index contributed by atoms with van der Waals surface area (Å²) in [5, 5.41) is 0. The SMILES string of the molecule is CC(CN=C=O)C(C)(C)C. The van der Waals surface area contributed by atoms with Gasteiger partial charge >= 0.3 is 0 Å². The molecule has 0 heterocycles. The molecule has 0 aliphatic carbocycles. The molecule has 0 radical (unpaired) electrons. The van der Waals surface area contributed by atoms with E-state index in [0.29, 0.717) is 12.5 Å². The van der Waals surface area contributed by atoms with E-state index in [1.807, 2.05) is 0 Å². The topological polar surface area (TPSA) is 29.4 Å². The number of hydrogen-bond acceptors (Lipinski definition) is 2. The maximum atomic E-state index is 9.74. The van der Waals surface area contributed by atoms with Crippen LogP contribution >= 0.6 is 0 Å². The first kappa shape index (κ1) is 9.38. The minimum absolute atomic E-state index is 0.236. The van der Waals surface area contributed by atoms with Crippen molar-refractivity contribution in [3.05, 3.63) is 0 Å². The number of nitrogens with zero attached hydrogens (tertiary/aromatic N) is 1. The first-order valence-corrected chi connectivity index (χ1v) is 3.52. The monoisotopic (exact) mass is 141 g/mol. The van der Waals surface area contributed by atoms with Gasteiger partial charge in [-0.3, -0.25) is 0 Å². The van der Waals surface area contributed by atoms with E-state index in [1.54, 1.807) is 6.08 Å². The van der Waals surface area contributed by atoms with Gasteiger partial charge in [0, 0.05) is 0 Å². The molecule has 10 heavy (non-hydrogen) atoms. The second kappa shape index (κ2) is 3.52. The fourth-order valence-corrected chi connectivity index (χ4v) is 0.448. The molecule has 0 aromatic rings. The Kier molecular flexibility index (Phi) is 3.31. The van der Waals surface area contributed by atoms with Gasteiger partial charge in [-0.2, -0.15) is 0 Å². The highest BCUT2D eigenvalue weighted by atomic mass is 16.1. The van der Waals surface area contributed by atoms with E-state index < -0.39 is 0 Å². The zero-order valence-electron chi connectivity index (χ0n) is 7.14. The number of isocyanates is 1. The van der Waals surface area contributed by atoms with Crippen LogP contribution in [0.4, 0.5) is 0 Å². The molecule has 0 amide bonds. The molecular formula is C8H15NO. The Morgan fingerprint density at radius 3 is 2.30 bits per heavy atom. The highest BCUT2D eigenvalue weighted by molar-refractivity contribution is 5.32. The van der Waals surface area contributed by atoms with Gasteiger partial charge in [-0.25, -0.2) is 9.79 Å². The van der Waals surface area contributed by atoms with Gasteiger partial charge in [-0.05, 0) is 11.3 Å². The highest BCUT2D eigenvalue weighted by Crippen LogP contribution is 2.24. The summed E-state index contributed by atoms with van der Waals surface area (Å²) in [6.45, 7) is 9.09. The van der Waals surface area contributed by atoms with Crippen LogP contribution in [-0.4, -0.2) is 12.6 Å². The lowest BCUT2D eigenvalue weighted by Gasteiger charge is -2.24. The zero-order chi connectivity index (χ0) is 8.20. The smallest absolute Gasteiger partial charge is 0.211 e. The van der Waals surface area contributed by atoms with E-state index in [2.05, 4.69) is 32.7 Å². The average molecular weight is 141 g/mol. The molecular weight excluding hydrogens is 126 g/mol. The predicted molar refractivity (Wildman–Crippen MR) is 41.6 cm³/mol. The van der Waals surface area contributed by atoms with Crippen LogP contribution in [0.1, 0.15) is 27.7 Å². The Morgan fingerprint density at radius 2 is 2.00 bits per heavy atom. The zero-order valence-corrected chi connectivity index (χ0v) is 7.14. The Morgan fingerprint density at radius 1 is 1.50 bits per heavy atom. The van der Waals surface area contributed by atoms with Crippen LogP contribution in [0.5, 0.6) is 0 Å². The molecule has 0 fully saturated rings. The lowest BCUT2D eigenvalue weighted by Crippen LogP contribution is -2.19. The van der Waals surface area contributed by atoms with Crippen molar-refractivity contribution in [3.8, 4) is 0 Å². The van der Waals surface area contributed by atoms with Crippen LogP contribution in [0.2, 0.25) is 0 Å². The van der Waals surface area contributed by atoms with E-state index in [9.17, 15) is 4.79 Å². The van der Waals surface area contributed by atoms with Crippen LogP contribution in [-0.2, 0) is 4.79 Å². The Hall–Kier alpha value is -0.620. The molecule has 2 nitrogen and oxygen atoms in total. The van der Waals surface area contributed by atoms with Crippen molar-refractivity contribution in [1.82, 2.24) is 0 Å². The van der Waals surface area contributed by atoms with Crippen molar-refractivity contribution < 1.29 is 4.79 Å². The second-order valence-corrected chi connectivity index (χ2v) is 3.70. The molecule has 0 aliphatic heterocycles. The maximum Gasteiger partial charge on any atom is 0.234 e. The van der Waals surface area contributed by atoms with E-state index in [-0.39, 0.29) is 5.41 Å². The van der Waals surface area contributed by atoms with Crippen LogP contribution in [0.15, 0.2) is 4.99 Å². The minimum Gasteiger partial charge on any atom is -0.211 e. The van der Waals surface area contributed by atoms with Crippen LogP contribution in [0.3, 0.4) is 0 Å². The quantitative estimate of drug-likeness (QED) is 0.427. The largest absolute Gasteiger partial charge is 0.234 e. The number of rotatable bonds is 2. The minimum atomic E-state index is 0.236. The van der Waals surface area contributed by atoms with Crippen molar-refractivity contribution in [3.63, 3.8) is 0 Å². The Balaban J connectivity index is 3.84. The van der Waals surface area contributed by atoms with E-state index in [4.69, 9.17) is 0 Å². The molecule has 0 rings (SSSR count). The van der Waals surface area contributed by atoms with Gasteiger partial charge in [0.1, 0.15) is 0 Å². The molecule has 0 spiro atoms. The molecule has 0 aliphatic rings. The molecule has 0 saturated carbocycles. The number of aliphatic imine (C=N–C) groups is 1. The van der Waals surface area contributed by atoms with Crippen molar-refractivity contribution in [2.75, 3.05) is 6.54 Å². The third-order valence-corrected chi connectivity index (χ3v) is 1.91. The van der Waals surface area contributed by atoms with Gasteiger partial charge in [0.05, 0.1) is 6.54 Å². The molecule has 2 heteroatoms. The van der Waals surface area contributed by atoms with Crippen molar-refractivity contribution in [2.45, 2.75) is 27.7 Å². The van der Waals surface area contributed by atoms with Gasteiger partial charge in [0.25, 0.3) is 0 Å². The third kappa shape index (κ3) is 3.41. The molecule has 0 aromatic carbocycles. The van der Waals surface area contributed by atoms with Gasteiger partial charge in [0.2, 0.25) is 6.08 Å². The Bertz CT molecular complexity index is 140. The first-order valence-electron chi connectivity index (χ1n) is 3.52. The lowest BCUT2D eigenvalue weighted by molar-refractivity contribution is 0.269. The summed E-state index contributed by atoms with van der Waals surface area (Å²) in [5.74, 6) is 0.439. The number of hydrogen-bond donors (Lipinski definition) is 0. The van der Waals surface area contributed by atoms with E-state index >= 15 is 0 Å². The first-order chi connectivity index (χ1) is 4.48. The number of carbonyl (C=O) groups excluding carboxylic acids is 1. The van der Waals surface area contributed by atoms with Crippen molar-refractivity contribution >= 4 is 6.08 Å². The second-order valence-electron chi connectivity index (χ2n) is 3.70. The fraction of sp³-hybridized carbons (Fsp3) is 0.875. The van der Waals surface area contributed by atoms with Gasteiger partial charge in [0.15, 0.2) is 0 Å². The molecule has 1 unspecified atom stereocenters. The summed E-state index contributed by atoms with van der Waals surface area (Å²) in [6.07, 6.45) is 1.55. The third-order valence-electron chi connectivity index (χ3n) is 1.91. The molecule has 1 atom stereocenters. The summed E-state index contributed by atoms with van der Waals surface area (Å²) in [4.78, 5) is 13.3. The van der Waals surface area contributed by atoms with Crippen LogP contribution in [0, 0.1) is 11.3 Å². The fourth-order valence-electron chi connectivity index (χ4n) is 0.448. The highest BCUT2D eigenvalue weighted by Gasteiger charge is 2.18. The van der Waals surface area contributed by atoms with Crippen LogP contribution < -0.4 is 0 Å². The summed E-state index contributed by atoms with van der Waals surface area (Å²) in [7, 11) is 0. The summed E-state index contributed by atoms with van der Waals surface area (Å²) in [6, 6.07) is 0. The van der Waals surface area contributed by atoms with Gasteiger partial charge in [-0.15, -0.1) is 0 Å². The van der Waals surface area contributed by atoms with Crippen LogP contribution in [0.25, 0.3) is 0 Å². The molecule has 58 valence electrons. The summed E-state index contributed by atoms with van der Waals surface area (Å²) in [5.41, 5.74) is 0.236. The molecule has 0 saturated heterocycles. The maximum absolute atomic E-state index is 9.74. The van der Waals surface area contributed by atoms with E-state index in [1.165, 1.54) is 0 Å². The predicted octanol–water partition coefficient (Wildman–Crippen LogP) is 2.00. The summed E-state index contributed by atoms with van der Waals surface area (Å²) >= 11 is 0. The van der Waals surface area contributed by atoms with Gasteiger partial charge < -0.3 is 0 Å². The molecule has 0 bridgehead atoms. The van der Waals surface area contributed by atoms with Gasteiger partial charge in [-0.1, -0.05) is 27.7 Å². The average Bonchev–Trinajstić information content (AvgIpc) is 1.80. The molecule has 0 N–H and O–H groups in total.